The molecule has 1 aromatic rings. The molecule has 0 heterocycles. The lowest BCUT2D eigenvalue weighted by molar-refractivity contribution is 0.141. The summed E-state index contributed by atoms with van der Waals surface area (Å²) in [5.41, 5.74) is 0.968. The number of rotatable bonds is 2. The molecule has 0 saturated heterocycles. The van der Waals surface area contributed by atoms with Gasteiger partial charge in [-0.05, 0) is 5.56 Å². The lowest BCUT2D eigenvalue weighted by Gasteiger charge is -2.13. The quantitative estimate of drug-likeness (QED) is 0.525. The number of hydrogen-bond donors (Lipinski definition) is 0. The smallest absolute Gasteiger partial charge is 0.421 e. The predicted molar refractivity (Wildman–Crippen MR) is 53.2 cm³/mol. The maximum Gasteiger partial charge on any atom is 0.421 e. The number of carbonyl (C=O) groups is 1. The van der Waals surface area contributed by atoms with Crippen LogP contribution in [0.1, 0.15) is 5.56 Å². The molecule has 0 aromatic heterocycles. The molecule has 3 heteroatoms. The van der Waals surface area contributed by atoms with Crippen molar-refractivity contribution in [3.8, 4) is 12.5 Å². The SMILES string of the molecule is C#CN(Cc1ccccc1)C(=O)OC. The number of carbonyl (C=O) groups excluding carboxylic acids is 1. The van der Waals surface area contributed by atoms with Gasteiger partial charge in [0.2, 0.25) is 0 Å². The number of hydrogen-bond acceptors (Lipinski definition) is 2. The van der Waals surface area contributed by atoms with Gasteiger partial charge in [-0.1, -0.05) is 36.8 Å². The first-order chi connectivity index (χ1) is 6.77. The maximum atomic E-state index is 11.1. The minimum absolute atomic E-state index is 0.365. The highest BCUT2D eigenvalue weighted by molar-refractivity contribution is 5.69. The van der Waals surface area contributed by atoms with Gasteiger partial charge < -0.3 is 4.74 Å². The van der Waals surface area contributed by atoms with Crippen LogP contribution >= 0.6 is 0 Å². The number of benzene rings is 1. The summed E-state index contributed by atoms with van der Waals surface area (Å²) >= 11 is 0. The Morgan fingerprint density at radius 2 is 2.14 bits per heavy atom. The minimum atomic E-state index is -0.517. The van der Waals surface area contributed by atoms with E-state index in [4.69, 9.17) is 6.42 Å². The lowest BCUT2D eigenvalue weighted by atomic mass is 10.2. The van der Waals surface area contributed by atoms with Gasteiger partial charge in [0.25, 0.3) is 0 Å². The Balaban J connectivity index is 2.68. The van der Waals surface area contributed by atoms with Crippen molar-refractivity contribution in [3.63, 3.8) is 0 Å². The number of amides is 1. The van der Waals surface area contributed by atoms with Gasteiger partial charge in [0.1, 0.15) is 0 Å². The summed E-state index contributed by atoms with van der Waals surface area (Å²) in [7, 11) is 1.30. The molecular formula is C11H11NO2. The standard InChI is InChI=1S/C11H11NO2/c1-3-12(11(13)14-2)9-10-7-5-4-6-8-10/h1,4-8H,9H2,2H3. The van der Waals surface area contributed by atoms with E-state index in [-0.39, 0.29) is 0 Å². The van der Waals surface area contributed by atoms with Crippen molar-refractivity contribution in [1.29, 1.82) is 0 Å². The van der Waals surface area contributed by atoms with Gasteiger partial charge in [0, 0.05) is 6.04 Å². The molecule has 3 nitrogen and oxygen atoms in total. The van der Waals surface area contributed by atoms with E-state index in [1.54, 1.807) is 0 Å². The minimum Gasteiger partial charge on any atom is -0.452 e. The second-order valence-corrected chi connectivity index (χ2v) is 2.67. The fourth-order valence-corrected chi connectivity index (χ4v) is 1.04. The lowest BCUT2D eigenvalue weighted by Crippen LogP contribution is -2.25. The van der Waals surface area contributed by atoms with Gasteiger partial charge in [-0.2, -0.15) is 0 Å². The fraction of sp³-hybridized carbons (Fsp3) is 0.182. The summed E-state index contributed by atoms with van der Waals surface area (Å²) < 4.78 is 4.52. The van der Waals surface area contributed by atoms with Crippen LogP contribution in [0.25, 0.3) is 0 Å². The average Bonchev–Trinajstić information content (AvgIpc) is 2.26. The third-order valence-electron chi connectivity index (χ3n) is 1.73. The number of methoxy groups -OCH3 is 1. The van der Waals surface area contributed by atoms with Crippen LogP contribution in [0.2, 0.25) is 0 Å². The zero-order valence-corrected chi connectivity index (χ0v) is 7.93. The Morgan fingerprint density at radius 1 is 1.50 bits per heavy atom. The van der Waals surface area contributed by atoms with Gasteiger partial charge in [0.05, 0.1) is 13.7 Å². The second-order valence-electron chi connectivity index (χ2n) is 2.67. The van der Waals surface area contributed by atoms with Crippen molar-refractivity contribution in [3.05, 3.63) is 35.9 Å². The fourth-order valence-electron chi connectivity index (χ4n) is 1.04. The summed E-state index contributed by atoms with van der Waals surface area (Å²) in [6.45, 7) is 0.365. The molecule has 0 aliphatic rings. The molecule has 14 heavy (non-hydrogen) atoms. The van der Waals surface area contributed by atoms with Crippen LogP contribution in [0, 0.1) is 12.5 Å². The predicted octanol–water partition coefficient (Wildman–Crippen LogP) is 1.85. The zero-order chi connectivity index (χ0) is 10.4. The molecule has 0 spiro atoms. The van der Waals surface area contributed by atoms with Gasteiger partial charge in [-0.15, -0.1) is 0 Å². The Labute approximate surface area is 83.3 Å². The molecule has 0 N–H and O–H groups in total. The molecule has 1 rings (SSSR count). The summed E-state index contributed by atoms with van der Waals surface area (Å²) in [5, 5.41) is 0. The van der Waals surface area contributed by atoms with Crippen LogP contribution < -0.4 is 0 Å². The normalized spacial score (nSPS) is 8.86. The molecular weight excluding hydrogens is 178 g/mol. The van der Waals surface area contributed by atoms with E-state index < -0.39 is 6.09 Å². The Morgan fingerprint density at radius 3 is 2.64 bits per heavy atom. The van der Waals surface area contributed by atoms with Crippen molar-refractivity contribution < 1.29 is 9.53 Å². The highest BCUT2D eigenvalue weighted by atomic mass is 16.5. The van der Waals surface area contributed by atoms with Crippen LogP contribution in [0.15, 0.2) is 30.3 Å². The Bertz CT molecular complexity index is 340. The first-order valence-corrected chi connectivity index (χ1v) is 4.13. The Kier molecular flexibility index (Phi) is 3.57. The van der Waals surface area contributed by atoms with Crippen LogP contribution in [-0.4, -0.2) is 18.1 Å². The molecule has 0 saturated carbocycles. The van der Waals surface area contributed by atoms with Gasteiger partial charge in [-0.3, -0.25) is 0 Å². The van der Waals surface area contributed by atoms with Crippen molar-refractivity contribution >= 4 is 6.09 Å². The van der Waals surface area contributed by atoms with E-state index in [0.717, 1.165) is 5.56 Å². The summed E-state index contributed by atoms with van der Waals surface area (Å²) in [5.74, 6) is 0. The van der Waals surface area contributed by atoms with E-state index in [9.17, 15) is 4.79 Å². The Hall–Kier alpha value is -1.95. The average molecular weight is 189 g/mol. The molecule has 0 bridgehead atoms. The highest BCUT2D eigenvalue weighted by Crippen LogP contribution is 2.04. The second kappa shape index (κ2) is 4.93. The van der Waals surface area contributed by atoms with Gasteiger partial charge >= 0.3 is 6.09 Å². The molecule has 1 amide bonds. The number of nitrogens with zero attached hydrogens (tertiary/aromatic N) is 1. The maximum absolute atomic E-state index is 11.1. The summed E-state index contributed by atoms with van der Waals surface area (Å²) in [4.78, 5) is 12.3. The molecule has 0 atom stereocenters. The molecule has 1 aromatic carbocycles. The van der Waals surface area contributed by atoms with E-state index >= 15 is 0 Å². The van der Waals surface area contributed by atoms with Crippen molar-refractivity contribution in [2.75, 3.05) is 7.11 Å². The third kappa shape index (κ3) is 2.53. The van der Waals surface area contributed by atoms with Crippen molar-refractivity contribution in [2.24, 2.45) is 0 Å². The van der Waals surface area contributed by atoms with E-state index in [0.29, 0.717) is 6.54 Å². The van der Waals surface area contributed by atoms with E-state index in [2.05, 4.69) is 10.8 Å². The summed E-state index contributed by atoms with van der Waals surface area (Å²) in [6.07, 6.45) is 4.65. The van der Waals surface area contributed by atoms with E-state index in [1.165, 1.54) is 12.0 Å². The molecule has 72 valence electrons. The van der Waals surface area contributed by atoms with Crippen molar-refractivity contribution in [2.45, 2.75) is 6.54 Å². The first kappa shape index (κ1) is 10.1. The number of terminal acetylenes is 1. The first-order valence-electron chi connectivity index (χ1n) is 4.13. The topological polar surface area (TPSA) is 29.5 Å². The third-order valence-corrected chi connectivity index (χ3v) is 1.73. The van der Waals surface area contributed by atoms with Crippen LogP contribution in [0.3, 0.4) is 0 Å². The number of ether oxygens (including phenoxy) is 1. The highest BCUT2D eigenvalue weighted by Gasteiger charge is 2.10. The molecule has 0 unspecified atom stereocenters. The monoisotopic (exact) mass is 189 g/mol. The van der Waals surface area contributed by atoms with Gasteiger partial charge in [-0.25, -0.2) is 9.69 Å². The molecule has 0 fully saturated rings. The van der Waals surface area contributed by atoms with Crippen LogP contribution in [0.5, 0.6) is 0 Å². The van der Waals surface area contributed by atoms with Crippen LogP contribution in [0.4, 0.5) is 4.79 Å². The molecule has 0 aliphatic heterocycles. The zero-order valence-electron chi connectivity index (χ0n) is 7.93. The summed E-state index contributed by atoms with van der Waals surface area (Å²) in [6, 6.07) is 11.7. The van der Waals surface area contributed by atoms with Gasteiger partial charge in [0.15, 0.2) is 0 Å². The molecule has 0 aliphatic carbocycles. The largest absolute Gasteiger partial charge is 0.452 e. The molecule has 0 radical (unpaired) electrons. The van der Waals surface area contributed by atoms with Crippen molar-refractivity contribution in [1.82, 2.24) is 4.90 Å². The van der Waals surface area contributed by atoms with E-state index in [1.807, 2.05) is 30.3 Å². The van der Waals surface area contributed by atoms with Crippen LogP contribution in [-0.2, 0) is 11.3 Å².